The summed E-state index contributed by atoms with van der Waals surface area (Å²) in [4.78, 5) is 0. The van der Waals surface area contributed by atoms with Crippen LogP contribution in [-0.2, 0) is 14.2 Å². The van der Waals surface area contributed by atoms with Crippen molar-refractivity contribution in [1.29, 1.82) is 0 Å². The maximum Gasteiger partial charge on any atom is 0.186 e. The van der Waals surface area contributed by atoms with Crippen molar-refractivity contribution in [3.8, 4) is 0 Å². The highest BCUT2D eigenvalue weighted by Crippen LogP contribution is 2.22. The van der Waals surface area contributed by atoms with Gasteiger partial charge in [-0.25, -0.2) is 0 Å². The SMILES string of the molecule is CCCCCCCCCCCCOC[C@H]1O[C@H](OC)[C@H](O)[C@@H](O)[C@H]1O. The van der Waals surface area contributed by atoms with E-state index in [2.05, 4.69) is 6.92 Å². The van der Waals surface area contributed by atoms with E-state index in [1.807, 2.05) is 0 Å². The highest BCUT2D eigenvalue weighted by Gasteiger charge is 2.43. The van der Waals surface area contributed by atoms with E-state index in [1.165, 1.54) is 58.5 Å². The molecule has 5 atom stereocenters. The molecule has 25 heavy (non-hydrogen) atoms. The molecule has 1 fully saturated rings. The number of aliphatic hydroxyl groups is 3. The van der Waals surface area contributed by atoms with Crippen LogP contribution in [0.25, 0.3) is 0 Å². The first-order valence-electron chi connectivity index (χ1n) is 9.92. The Kier molecular flexibility index (Phi) is 12.7. The topological polar surface area (TPSA) is 88.4 Å². The zero-order valence-electron chi connectivity index (χ0n) is 15.9. The molecule has 0 amide bonds. The third-order valence-corrected chi connectivity index (χ3v) is 4.83. The normalized spacial score (nSPS) is 29.9. The molecule has 1 aliphatic rings. The van der Waals surface area contributed by atoms with Crippen molar-refractivity contribution in [1.82, 2.24) is 0 Å². The molecule has 1 saturated heterocycles. The Bertz CT molecular complexity index is 312. The van der Waals surface area contributed by atoms with Crippen molar-refractivity contribution >= 4 is 0 Å². The lowest BCUT2D eigenvalue weighted by Gasteiger charge is -2.39. The molecule has 0 saturated carbocycles. The lowest BCUT2D eigenvalue weighted by atomic mass is 9.99. The van der Waals surface area contributed by atoms with Crippen molar-refractivity contribution in [3.63, 3.8) is 0 Å². The van der Waals surface area contributed by atoms with Gasteiger partial charge in [-0.15, -0.1) is 0 Å². The van der Waals surface area contributed by atoms with E-state index >= 15 is 0 Å². The van der Waals surface area contributed by atoms with E-state index in [1.54, 1.807) is 0 Å². The van der Waals surface area contributed by atoms with Crippen LogP contribution in [0.5, 0.6) is 0 Å². The summed E-state index contributed by atoms with van der Waals surface area (Å²) < 4.78 is 15.9. The van der Waals surface area contributed by atoms with Crippen molar-refractivity contribution in [3.05, 3.63) is 0 Å². The zero-order chi connectivity index (χ0) is 18.5. The predicted molar refractivity (Wildman–Crippen MR) is 96.4 cm³/mol. The van der Waals surface area contributed by atoms with E-state index in [0.717, 1.165) is 12.8 Å². The predicted octanol–water partition coefficient (Wildman–Crippen LogP) is 2.38. The summed E-state index contributed by atoms with van der Waals surface area (Å²) in [5, 5.41) is 29.4. The standard InChI is InChI=1S/C19H38O6/c1-3-4-5-6-7-8-9-10-11-12-13-24-14-15-16(20)17(21)18(22)19(23-2)25-15/h15-22H,3-14H2,1-2H3/t15-,16+,17+,18-,19+/m1/s1. The second kappa shape index (κ2) is 13.9. The van der Waals surface area contributed by atoms with Crippen LogP contribution in [-0.4, -0.2) is 66.3 Å². The number of aliphatic hydroxyl groups excluding tert-OH is 3. The molecule has 0 aromatic rings. The Morgan fingerprint density at radius 2 is 1.32 bits per heavy atom. The lowest BCUT2D eigenvalue weighted by Crippen LogP contribution is -2.59. The van der Waals surface area contributed by atoms with Crippen molar-refractivity contribution < 1.29 is 29.5 Å². The van der Waals surface area contributed by atoms with Crippen LogP contribution in [0.1, 0.15) is 71.1 Å². The monoisotopic (exact) mass is 362 g/mol. The summed E-state index contributed by atoms with van der Waals surface area (Å²) in [6.07, 6.45) is 7.38. The van der Waals surface area contributed by atoms with Gasteiger partial charge in [0.15, 0.2) is 6.29 Å². The van der Waals surface area contributed by atoms with Crippen molar-refractivity contribution in [2.45, 2.75) is 102 Å². The van der Waals surface area contributed by atoms with Crippen LogP contribution in [0.2, 0.25) is 0 Å². The number of rotatable bonds is 14. The first-order valence-corrected chi connectivity index (χ1v) is 9.92. The van der Waals surface area contributed by atoms with Crippen molar-refractivity contribution in [2.24, 2.45) is 0 Å². The van der Waals surface area contributed by atoms with Gasteiger partial charge < -0.3 is 29.5 Å². The minimum atomic E-state index is -1.29. The Hall–Kier alpha value is -0.240. The van der Waals surface area contributed by atoms with E-state index < -0.39 is 30.7 Å². The van der Waals surface area contributed by atoms with Crippen molar-refractivity contribution in [2.75, 3.05) is 20.3 Å². The molecule has 3 N–H and O–H groups in total. The molecule has 150 valence electrons. The number of hydrogen-bond acceptors (Lipinski definition) is 6. The smallest absolute Gasteiger partial charge is 0.186 e. The number of hydrogen-bond donors (Lipinski definition) is 3. The number of methoxy groups -OCH3 is 1. The fourth-order valence-corrected chi connectivity index (χ4v) is 3.14. The summed E-state index contributed by atoms with van der Waals surface area (Å²) in [6, 6.07) is 0. The maximum absolute atomic E-state index is 9.93. The average molecular weight is 363 g/mol. The Morgan fingerprint density at radius 1 is 0.760 bits per heavy atom. The third kappa shape index (κ3) is 8.80. The Balaban J connectivity index is 1.99. The number of ether oxygens (including phenoxy) is 3. The van der Waals surface area contributed by atoms with Gasteiger partial charge in [-0.3, -0.25) is 0 Å². The molecule has 1 heterocycles. The summed E-state index contributed by atoms with van der Waals surface area (Å²) in [5.74, 6) is 0. The van der Waals surface area contributed by atoms with Gasteiger partial charge >= 0.3 is 0 Å². The Labute approximate surface area is 152 Å². The fraction of sp³-hybridized carbons (Fsp3) is 1.00. The molecular formula is C19H38O6. The van der Waals surface area contributed by atoms with Gasteiger partial charge in [0, 0.05) is 13.7 Å². The maximum atomic E-state index is 9.93. The molecule has 0 aliphatic carbocycles. The molecule has 0 aromatic heterocycles. The molecular weight excluding hydrogens is 324 g/mol. The first kappa shape index (κ1) is 22.8. The highest BCUT2D eigenvalue weighted by atomic mass is 16.7. The minimum absolute atomic E-state index is 0.183. The van der Waals surface area contributed by atoms with Crippen LogP contribution in [0.15, 0.2) is 0 Å². The van der Waals surface area contributed by atoms with E-state index in [-0.39, 0.29) is 6.61 Å². The molecule has 0 bridgehead atoms. The van der Waals surface area contributed by atoms with Gasteiger partial charge in [-0.1, -0.05) is 64.7 Å². The fourth-order valence-electron chi connectivity index (χ4n) is 3.14. The second-order valence-corrected chi connectivity index (χ2v) is 7.01. The van der Waals surface area contributed by atoms with Gasteiger partial charge in [0.25, 0.3) is 0 Å². The lowest BCUT2D eigenvalue weighted by molar-refractivity contribution is -0.296. The summed E-state index contributed by atoms with van der Waals surface area (Å²) >= 11 is 0. The van der Waals surface area contributed by atoms with Gasteiger partial charge in [0.2, 0.25) is 0 Å². The van der Waals surface area contributed by atoms with Crippen LogP contribution in [0.3, 0.4) is 0 Å². The van der Waals surface area contributed by atoms with E-state index in [0.29, 0.717) is 6.61 Å². The van der Waals surface area contributed by atoms with Crippen LogP contribution in [0.4, 0.5) is 0 Å². The molecule has 6 heteroatoms. The van der Waals surface area contributed by atoms with E-state index in [9.17, 15) is 15.3 Å². The van der Waals surface area contributed by atoms with Gasteiger partial charge in [0.05, 0.1) is 6.61 Å². The average Bonchev–Trinajstić information content (AvgIpc) is 2.62. The largest absolute Gasteiger partial charge is 0.387 e. The van der Waals surface area contributed by atoms with Gasteiger partial charge in [-0.2, -0.15) is 0 Å². The molecule has 0 aromatic carbocycles. The molecule has 0 unspecified atom stereocenters. The van der Waals surface area contributed by atoms with Crippen LogP contribution in [0, 0.1) is 0 Å². The van der Waals surface area contributed by atoms with Crippen LogP contribution < -0.4 is 0 Å². The second-order valence-electron chi connectivity index (χ2n) is 7.01. The molecule has 1 aliphatic heterocycles. The quantitative estimate of drug-likeness (QED) is 0.411. The highest BCUT2D eigenvalue weighted by molar-refractivity contribution is 4.88. The minimum Gasteiger partial charge on any atom is -0.387 e. The van der Waals surface area contributed by atoms with Gasteiger partial charge in [0.1, 0.15) is 24.4 Å². The Morgan fingerprint density at radius 3 is 1.88 bits per heavy atom. The third-order valence-electron chi connectivity index (χ3n) is 4.83. The molecule has 0 spiro atoms. The summed E-state index contributed by atoms with van der Waals surface area (Å²) in [5.41, 5.74) is 0. The summed E-state index contributed by atoms with van der Waals surface area (Å²) in [6.45, 7) is 3.03. The van der Waals surface area contributed by atoms with E-state index in [4.69, 9.17) is 14.2 Å². The van der Waals surface area contributed by atoms with Crippen LogP contribution >= 0.6 is 0 Å². The van der Waals surface area contributed by atoms with Gasteiger partial charge in [-0.05, 0) is 6.42 Å². The first-order chi connectivity index (χ1) is 12.1. The zero-order valence-corrected chi connectivity index (χ0v) is 15.9. The molecule has 0 radical (unpaired) electrons. The summed E-state index contributed by atoms with van der Waals surface area (Å²) in [7, 11) is 1.39. The molecule has 1 rings (SSSR count). The number of unbranched alkanes of at least 4 members (excludes halogenated alkanes) is 9. The molecule has 6 nitrogen and oxygen atoms in total.